The van der Waals surface area contributed by atoms with Gasteiger partial charge in [0, 0.05) is 10.9 Å². The molecule has 0 saturated heterocycles. The molecule has 0 saturated carbocycles. The molecule has 25 heavy (non-hydrogen) atoms. The van der Waals surface area contributed by atoms with E-state index in [4.69, 9.17) is 33.0 Å². The fraction of sp³-hybridized carbons (Fsp3) is 0.188. The summed E-state index contributed by atoms with van der Waals surface area (Å²) in [6.07, 6.45) is 2.30. The lowest BCUT2D eigenvalue weighted by molar-refractivity contribution is 0.270. The smallest absolute Gasteiger partial charge is 0.216 e. The van der Waals surface area contributed by atoms with E-state index in [9.17, 15) is 0 Å². The Kier molecular flexibility index (Phi) is 5.72. The topological polar surface area (TPSA) is 68.3 Å². The number of aromatic amines is 1. The first kappa shape index (κ1) is 17.9. The molecule has 0 unspecified atom stereocenters. The molecular weight excluding hydrogens is 428 g/mol. The van der Waals surface area contributed by atoms with E-state index in [-0.39, 0.29) is 6.61 Å². The number of halogens is 2. The van der Waals surface area contributed by atoms with Gasteiger partial charge in [-0.25, -0.2) is 0 Å². The molecule has 0 spiro atoms. The van der Waals surface area contributed by atoms with Gasteiger partial charge in [0.15, 0.2) is 5.82 Å². The Morgan fingerprint density at radius 2 is 2.28 bits per heavy atom. The zero-order chi connectivity index (χ0) is 17.8. The van der Waals surface area contributed by atoms with Gasteiger partial charge >= 0.3 is 0 Å². The van der Waals surface area contributed by atoms with E-state index < -0.39 is 0 Å². The lowest BCUT2D eigenvalue weighted by atomic mass is 10.3. The summed E-state index contributed by atoms with van der Waals surface area (Å²) in [5.74, 6) is 2.59. The lowest BCUT2D eigenvalue weighted by Gasteiger charge is -2.06. The molecule has 130 valence electrons. The van der Waals surface area contributed by atoms with Gasteiger partial charge in [-0.05, 0) is 42.5 Å². The van der Waals surface area contributed by atoms with Crippen LogP contribution in [0.4, 0.5) is 0 Å². The second kappa shape index (κ2) is 7.99. The van der Waals surface area contributed by atoms with Gasteiger partial charge in [0.25, 0.3) is 0 Å². The first-order chi connectivity index (χ1) is 12.1. The van der Waals surface area contributed by atoms with Crippen molar-refractivity contribution in [1.29, 1.82) is 0 Å². The van der Waals surface area contributed by atoms with E-state index in [1.165, 1.54) is 0 Å². The number of ether oxygens (including phenoxy) is 1. The molecule has 0 atom stereocenters. The number of hydrogen-bond acceptors (Lipinski definition) is 5. The van der Waals surface area contributed by atoms with Gasteiger partial charge in [0.05, 0.1) is 11.2 Å². The lowest BCUT2D eigenvalue weighted by Crippen LogP contribution is -1.97. The molecule has 0 aliphatic rings. The minimum absolute atomic E-state index is 0.264. The van der Waals surface area contributed by atoms with Crippen molar-refractivity contribution >= 4 is 46.0 Å². The summed E-state index contributed by atoms with van der Waals surface area (Å²) in [4.78, 5) is 0. The minimum atomic E-state index is 0.264. The highest BCUT2D eigenvalue weighted by Crippen LogP contribution is 2.28. The van der Waals surface area contributed by atoms with E-state index in [2.05, 4.69) is 31.2 Å². The summed E-state index contributed by atoms with van der Waals surface area (Å²) in [6.45, 7) is 2.24. The predicted octanol–water partition coefficient (Wildman–Crippen LogP) is 4.97. The van der Waals surface area contributed by atoms with Crippen LogP contribution in [-0.4, -0.2) is 21.1 Å². The minimum Gasteiger partial charge on any atom is -0.484 e. The zero-order valence-electron chi connectivity index (χ0n) is 13.2. The van der Waals surface area contributed by atoms with Crippen molar-refractivity contribution in [2.45, 2.75) is 20.0 Å². The molecule has 6 nitrogen and oxygen atoms in total. The van der Waals surface area contributed by atoms with Crippen molar-refractivity contribution in [3.05, 3.63) is 61.9 Å². The van der Waals surface area contributed by atoms with Crippen molar-refractivity contribution in [2.24, 2.45) is 5.10 Å². The van der Waals surface area contributed by atoms with Gasteiger partial charge in [0.2, 0.25) is 4.77 Å². The average molecular weight is 442 g/mol. The highest BCUT2D eigenvalue weighted by atomic mass is 79.9. The Hall–Kier alpha value is -1.90. The van der Waals surface area contributed by atoms with Gasteiger partial charge in [-0.15, -0.1) is 0 Å². The van der Waals surface area contributed by atoms with Crippen LogP contribution in [0.25, 0.3) is 0 Å². The molecular formula is C16H14BrClN4O2S. The van der Waals surface area contributed by atoms with Crippen LogP contribution in [0.2, 0.25) is 5.02 Å². The third-order valence-electron chi connectivity index (χ3n) is 3.28. The highest BCUT2D eigenvalue weighted by Gasteiger charge is 2.06. The number of nitrogens with zero attached hydrogens (tertiary/aromatic N) is 3. The molecule has 2 aromatic heterocycles. The third-order valence-corrected chi connectivity index (χ3v) is 4.33. The van der Waals surface area contributed by atoms with Crippen molar-refractivity contribution in [2.75, 3.05) is 0 Å². The molecule has 0 radical (unpaired) electrons. The Bertz CT molecular complexity index is 963. The van der Waals surface area contributed by atoms with Crippen molar-refractivity contribution in [3.63, 3.8) is 0 Å². The number of H-pyrrole nitrogens is 1. The molecule has 0 fully saturated rings. The summed E-state index contributed by atoms with van der Waals surface area (Å²) >= 11 is 14.6. The van der Waals surface area contributed by atoms with Gasteiger partial charge in [0.1, 0.15) is 23.9 Å². The number of hydrogen-bond donors (Lipinski definition) is 1. The predicted molar refractivity (Wildman–Crippen MR) is 102 cm³/mol. The second-order valence-electron chi connectivity index (χ2n) is 5.02. The highest BCUT2D eigenvalue weighted by molar-refractivity contribution is 9.10. The van der Waals surface area contributed by atoms with E-state index in [0.717, 1.165) is 16.7 Å². The van der Waals surface area contributed by atoms with Gasteiger partial charge in [-0.3, -0.25) is 5.10 Å². The molecule has 1 aromatic carbocycles. The van der Waals surface area contributed by atoms with Crippen LogP contribution < -0.4 is 4.74 Å². The van der Waals surface area contributed by atoms with Crippen LogP contribution in [0, 0.1) is 4.77 Å². The third kappa shape index (κ3) is 4.39. The summed E-state index contributed by atoms with van der Waals surface area (Å²) in [7, 11) is 0. The summed E-state index contributed by atoms with van der Waals surface area (Å²) in [5.41, 5.74) is 0. The van der Waals surface area contributed by atoms with E-state index in [1.807, 2.05) is 19.1 Å². The van der Waals surface area contributed by atoms with Gasteiger partial charge in [-0.2, -0.15) is 14.9 Å². The number of rotatable bonds is 6. The molecule has 2 heterocycles. The van der Waals surface area contributed by atoms with Gasteiger partial charge < -0.3 is 9.15 Å². The maximum atomic E-state index is 6.12. The SMILES string of the molecule is CCc1n[nH]c(=S)n1N=Cc1ccc(COc2ccc(Br)cc2Cl)o1. The maximum Gasteiger partial charge on any atom is 0.216 e. The molecule has 3 aromatic rings. The van der Waals surface area contributed by atoms with Crippen molar-refractivity contribution < 1.29 is 9.15 Å². The van der Waals surface area contributed by atoms with Crippen LogP contribution in [0.3, 0.4) is 0 Å². The fourth-order valence-corrected chi connectivity index (χ4v) is 3.00. The number of benzene rings is 1. The normalized spacial score (nSPS) is 11.3. The van der Waals surface area contributed by atoms with E-state index in [1.54, 1.807) is 29.1 Å². The Morgan fingerprint density at radius 3 is 3.04 bits per heavy atom. The first-order valence-corrected chi connectivity index (χ1v) is 9.02. The quantitative estimate of drug-likeness (QED) is 0.433. The number of aryl methyl sites for hydroxylation is 1. The molecule has 0 aliphatic heterocycles. The summed E-state index contributed by atoms with van der Waals surface area (Å²) in [5, 5.41) is 11.6. The second-order valence-corrected chi connectivity index (χ2v) is 6.73. The van der Waals surface area contributed by atoms with E-state index >= 15 is 0 Å². The Labute approximate surface area is 162 Å². The van der Waals surface area contributed by atoms with Crippen LogP contribution in [-0.2, 0) is 13.0 Å². The number of aromatic nitrogens is 3. The largest absolute Gasteiger partial charge is 0.484 e. The zero-order valence-corrected chi connectivity index (χ0v) is 16.4. The van der Waals surface area contributed by atoms with E-state index in [0.29, 0.717) is 27.1 Å². The summed E-state index contributed by atoms with van der Waals surface area (Å²) in [6, 6.07) is 9.06. The van der Waals surface area contributed by atoms with Crippen LogP contribution in [0.15, 0.2) is 44.3 Å². The molecule has 9 heteroatoms. The number of furan rings is 1. The number of nitrogens with one attached hydrogen (secondary N) is 1. The Balaban J connectivity index is 1.67. The Morgan fingerprint density at radius 1 is 1.44 bits per heavy atom. The average Bonchev–Trinajstić information content (AvgIpc) is 3.18. The van der Waals surface area contributed by atoms with Gasteiger partial charge in [-0.1, -0.05) is 34.5 Å². The van der Waals surface area contributed by atoms with Crippen molar-refractivity contribution in [1.82, 2.24) is 14.9 Å². The van der Waals surface area contributed by atoms with Crippen molar-refractivity contribution in [3.8, 4) is 5.75 Å². The fourth-order valence-electron chi connectivity index (χ4n) is 2.07. The molecule has 0 bridgehead atoms. The summed E-state index contributed by atoms with van der Waals surface area (Å²) < 4.78 is 14.2. The van der Waals surface area contributed by atoms with Crippen LogP contribution in [0.1, 0.15) is 24.3 Å². The molecule has 0 amide bonds. The molecule has 1 N–H and O–H groups in total. The maximum absolute atomic E-state index is 6.12. The monoisotopic (exact) mass is 440 g/mol. The first-order valence-electron chi connectivity index (χ1n) is 7.44. The molecule has 3 rings (SSSR count). The standard InChI is InChI=1S/C16H14BrClN4O2S/c1-2-15-20-21-16(25)22(15)19-8-11-4-5-12(24-11)9-23-14-6-3-10(17)7-13(14)18/h3-8H,2,9H2,1H3,(H,21,25). The van der Waals surface area contributed by atoms with Crippen LogP contribution in [0.5, 0.6) is 5.75 Å². The molecule has 0 aliphatic carbocycles. The van der Waals surface area contributed by atoms with Crippen LogP contribution >= 0.6 is 39.7 Å².